The Bertz CT molecular complexity index is 1280. The molecule has 1 amide bonds. The van der Waals surface area contributed by atoms with E-state index in [9.17, 15) is 24.8 Å². The van der Waals surface area contributed by atoms with Crippen LogP contribution in [0.5, 0.6) is 0 Å². The van der Waals surface area contributed by atoms with Gasteiger partial charge in [0.2, 0.25) is 0 Å². The summed E-state index contributed by atoms with van der Waals surface area (Å²) >= 11 is 1.03. The number of hydrogen-bond acceptors (Lipinski definition) is 7. The monoisotopic (exact) mass is 435 g/mol. The summed E-state index contributed by atoms with van der Waals surface area (Å²) < 4.78 is 5.68. The molecule has 0 saturated carbocycles. The van der Waals surface area contributed by atoms with Crippen molar-refractivity contribution in [1.82, 2.24) is 5.32 Å². The molecule has 154 valence electrons. The molecule has 1 aromatic heterocycles. The van der Waals surface area contributed by atoms with Crippen LogP contribution in [0, 0.1) is 10.1 Å². The molecule has 0 aliphatic carbocycles. The number of para-hydroxylation sites is 2. The van der Waals surface area contributed by atoms with Crippen LogP contribution in [0.3, 0.4) is 0 Å². The molecule has 1 saturated heterocycles. The fourth-order valence-corrected chi connectivity index (χ4v) is 3.70. The molecule has 0 radical (unpaired) electrons. The molecule has 3 aromatic rings. The minimum Gasteiger partial charge on any atom is -0.478 e. The van der Waals surface area contributed by atoms with Crippen molar-refractivity contribution in [3.8, 4) is 11.3 Å². The Morgan fingerprint density at radius 2 is 1.87 bits per heavy atom. The second-order valence-corrected chi connectivity index (χ2v) is 7.31. The number of carbonyl (C=O) groups excluding carboxylic acids is 1. The van der Waals surface area contributed by atoms with Gasteiger partial charge in [-0.3, -0.25) is 14.9 Å². The Kier molecular flexibility index (Phi) is 5.37. The first kappa shape index (κ1) is 20.1. The standard InChI is InChI=1S/C21H13N3O6S/c25-19-18(31-21(23-19)22-15-7-3-1-5-13(15)20(26)27)11-12-9-10-17(30-12)14-6-2-4-8-16(14)24(28)29/h1-11H,(H,26,27)(H,22,23,25)/b18-11+. The lowest BCUT2D eigenvalue weighted by Gasteiger charge is -2.00. The number of hydrogen-bond donors (Lipinski definition) is 2. The van der Waals surface area contributed by atoms with E-state index in [1.165, 1.54) is 24.3 Å². The third kappa shape index (κ3) is 4.23. The highest BCUT2D eigenvalue weighted by molar-refractivity contribution is 8.18. The maximum absolute atomic E-state index is 12.3. The maximum atomic E-state index is 12.3. The van der Waals surface area contributed by atoms with Gasteiger partial charge in [0.05, 0.1) is 26.6 Å². The van der Waals surface area contributed by atoms with Crippen molar-refractivity contribution >= 4 is 46.3 Å². The summed E-state index contributed by atoms with van der Waals surface area (Å²) in [7, 11) is 0. The molecule has 10 heteroatoms. The van der Waals surface area contributed by atoms with E-state index in [-0.39, 0.29) is 27.0 Å². The van der Waals surface area contributed by atoms with Gasteiger partial charge in [-0.2, -0.15) is 0 Å². The third-order valence-corrected chi connectivity index (χ3v) is 5.18. The average molecular weight is 435 g/mol. The number of thioether (sulfide) groups is 1. The van der Waals surface area contributed by atoms with Crippen molar-refractivity contribution in [3.63, 3.8) is 0 Å². The van der Waals surface area contributed by atoms with Gasteiger partial charge in [0.15, 0.2) is 5.17 Å². The second-order valence-electron chi connectivity index (χ2n) is 6.28. The first-order chi connectivity index (χ1) is 14.9. The number of carbonyl (C=O) groups is 2. The van der Waals surface area contributed by atoms with Crippen LogP contribution < -0.4 is 5.32 Å². The van der Waals surface area contributed by atoms with Gasteiger partial charge in [-0.25, -0.2) is 9.79 Å². The summed E-state index contributed by atoms with van der Waals surface area (Å²) in [5.74, 6) is -0.909. The summed E-state index contributed by atoms with van der Waals surface area (Å²) in [4.78, 5) is 38.9. The number of amides is 1. The molecule has 0 spiro atoms. The van der Waals surface area contributed by atoms with Gasteiger partial charge >= 0.3 is 5.97 Å². The van der Waals surface area contributed by atoms with Gasteiger partial charge in [0, 0.05) is 12.1 Å². The number of nitro groups is 1. The summed E-state index contributed by atoms with van der Waals surface area (Å²) in [6, 6.07) is 15.6. The van der Waals surface area contributed by atoms with Crippen molar-refractivity contribution in [2.75, 3.05) is 0 Å². The number of amidine groups is 1. The van der Waals surface area contributed by atoms with E-state index in [0.29, 0.717) is 17.1 Å². The Hall–Kier alpha value is -4.18. The van der Waals surface area contributed by atoms with E-state index >= 15 is 0 Å². The van der Waals surface area contributed by atoms with Gasteiger partial charge in [-0.15, -0.1) is 0 Å². The van der Waals surface area contributed by atoms with Crippen molar-refractivity contribution in [3.05, 3.63) is 87.0 Å². The zero-order valence-electron chi connectivity index (χ0n) is 15.6. The molecular weight excluding hydrogens is 422 g/mol. The molecule has 1 aliphatic rings. The highest BCUT2D eigenvalue weighted by Crippen LogP contribution is 2.33. The Labute approximate surface area is 179 Å². The second kappa shape index (κ2) is 8.28. The fourth-order valence-electron chi connectivity index (χ4n) is 2.89. The largest absolute Gasteiger partial charge is 0.478 e. The molecule has 4 rings (SSSR count). The number of aliphatic imine (C=N–C) groups is 1. The topological polar surface area (TPSA) is 135 Å². The average Bonchev–Trinajstić information content (AvgIpc) is 3.35. The lowest BCUT2D eigenvalue weighted by Crippen LogP contribution is -2.19. The zero-order chi connectivity index (χ0) is 22.0. The van der Waals surface area contributed by atoms with E-state index in [0.717, 1.165) is 11.8 Å². The SMILES string of the molecule is O=C1NC(=Nc2ccccc2C(=O)O)S/C1=C/c1ccc(-c2ccccc2[N+](=O)[O-])o1. The van der Waals surface area contributed by atoms with Gasteiger partial charge in [-0.05, 0) is 42.1 Å². The van der Waals surface area contributed by atoms with E-state index in [1.54, 1.807) is 42.5 Å². The molecule has 9 nitrogen and oxygen atoms in total. The Morgan fingerprint density at radius 3 is 2.65 bits per heavy atom. The van der Waals surface area contributed by atoms with E-state index in [1.807, 2.05) is 0 Å². The summed E-state index contributed by atoms with van der Waals surface area (Å²) in [5.41, 5.74) is 0.474. The summed E-state index contributed by atoms with van der Waals surface area (Å²) in [6.07, 6.45) is 1.49. The van der Waals surface area contributed by atoms with E-state index in [4.69, 9.17) is 4.42 Å². The number of aromatic carboxylic acids is 1. The van der Waals surface area contributed by atoms with Crippen molar-refractivity contribution in [1.29, 1.82) is 0 Å². The third-order valence-electron chi connectivity index (χ3n) is 4.27. The zero-order valence-corrected chi connectivity index (χ0v) is 16.5. The molecule has 2 aromatic carbocycles. The smallest absolute Gasteiger partial charge is 0.337 e. The highest BCUT2D eigenvalue weighted by atomic mass is 32.2. The molecule has 1 fully saturated rings. The predicted octanol–water partition coefficient (Wildman–Crippen LogP) is 4.44. The van der Waals surface area contributed by atoms with Crippen LogP contribution in [-0.2, 0) is 4.79 Å². The van der Waals surface area contributed by atoms with Crippen LogP contribution in [0.2, 0.25) is 0 Å². The van der Waals surface area contributed by atoms with Crippen molar-refractivity contribution < 1.29 is 24.0 Å². The molecule has 0 unspecified atom stereocenters. The molecule has 2 heterocycles. The van der Waals surface area contributed by atoms with Crippen molar-refractivity contribution in [2.24, 2.45) is 4.99 Å². The van der Waals surface area contributed by atoms with E-state index in [2.05, 4.69) is 10.3 Å². The number of benzene rings is 2. The summed E-state index contributed by atoms with van der Waals surface area (Å²) in [5, 5.41) is 23.3. The van der Waals surface area contributed by atoms with Gasteiger partial charge < -0.3 is 14.8 Å². The number of furan rings is 1. The number of carboxylic acid groups (broad SMARTS) is 1. The minimum atomic E-state index is -1.12. The number of carboxylic acids is 1. The maximum Gasteiger partial charge on any atom is 0.337 e. The van der Waals surface area contributed by atoms with Gasteiger partial charge in [0.1, 0.15) is 11.5 Å². The lowest BCUT2D eigenvalue weighted by atomic mass is 10.1. The molecule has 31 heavy (non-hydrogen) atoms. The molecule has 2 N–H and O–H groups in total. The van der Waals surface area contributed by atoms with Crippen molar-refractivity contribution in [2.45, 2.75) is 0 Å². The number of rotatable bonds is 5. The van der Waals surface area contributed by atoms with Crippen LogP contribution in [-0.4, -0.2) is 27.1 Å². The first-order valence-corrected chi connectivity index (χ1v) is 9.69. The number of nitro benzene ring substituents is 1. The van der Waals surface area contributed by atoms with Crippen LogP contribution >= 0.6 is 11.8 Å². The summed E-state index contributed by atoms with van der Waals surface area (Å²) in [6.45, 7) is 0. The molecular formula is C21H13N3O6S. The fraction of sp³-hybridized carbons (Fsp3) is 0. The van der Waals surface area contributed by atoms with Gasteiger partial charge in [-0.1, -0.05) is 24.3 Å². The molecule has 0 bridgehead atoms. The van der Waals surface area contributed by atoms with Crippen LogP contribution in [0.15, 0.2) is 75.0 Å². The Balaban J connectivity index is 1.60. The Morgan fingerprint density at radius 1 is 1.13 bits per heavy atom. The van der Waals surface area contributed by atoms with Crippen LogP contribution in [0.1, 0.15) is 16.1 Å². The quantitative estimate of drug-likeness (QED) is 0.343. The number of nitrogens with zero attached hydrogens (tertiary/aromatic N) is 2. The highest BCUT2D eigenvalue weighted by Gasteiger charge is 2.25. The van der Waals surface area contributed by atoms with Crippen LogP contribution in [0.4, 0.5) is 11.4 Å². The molecule has 0 atom stereocenters. The molecule has 1 aliphatic heterocycles. The van der Waals surface area contributed by atoms with E-state index < -0.39 is 16.8 Å². The van der Waals surface area contributed by atoms with Gasteiger partial charge in [0.25, 0.3) is 11.6 Å². The normalized spacial score (nSPS) is 15.9. The first-order valence-electron chi connectivity index (χ1n) is 8.88. The number of nitrogens with one attached hydrogen (secondary N) is 1. The van der Waals surface area contributed by atoms with Crippen LogP contribution in [0.25, 0.3) is 17.4 Å². The minimum absolute atomic E-state index is 0.0161. The lowest BCUT2D eigenvalue weighted by molar-refractivity contribution is -0.384. The predicted molar refractivity (Wildman–Crippen MR) is 115 cm³/mol.